The van der Waals surface area contributed by atoms with E-state index in [1.165, 1.54) is 37.8 Å². The number of hydrogen-bond donors (Lipinski definition) is 1. The minimum absolute atomic E-state index is 0.758. The highest BCUT2D eigenvalue weighted by molar-refractivity contribution is 7.07. The highest BCUT2D eigenvalue weighted by Crippen LogP contribution is 2.30. The van der Waals surface area contributed by atoms with Gasteiger partial charge in [-0.15, -0.1) is 0 Å². The van der Waals surface area contributed by atoms with Crippen molar-refractivity contribution in [2.45, 2.75) is 32.2 Å². The average Bonchev–Trinajstić information content (AvgIpc) is 2.82. The molecule has 0 saturated heterocycles. The highest BCUT2D eigenvalue weighted by atomic mass is 32.1. The van der Waals surface area contributed by atoms with E-state index >= 15 is 0 Å². The fourth-order valence-electron chi connectivity index (χ4n) is 2.99. The van der Waals surface area contributed by atoms with Crippen LogP contribution >= 0.6 is 11.3 Å². The van der Waals surface area contributed by atoms with E-state index in [1.54, 1.807) is 11.3 Å². The Morgan fingerprint density at radius 1 is 1.35 bits per heavy atom. The highest BCUT2D eigenvalue weighted by Gasteiger charge is 2.24. The molecule has 2 N–H and O–H groups in total. The number of nitrogens with two attached hydrogens (primary N) is 1. The zero-order valence-electron chi connectivity index (χ0n) is 10.8. The van der Waals surface area contributed by atoms with Gasteiger partial charge in [-0.05, 0) is 60.7 Å². The number of hydrogen-bond acceptors (Lipinski definition) is 3. The van der Waals surface area contributed by atoms with Crippen molar-refractivity contribution in [3.63, 3.8) is 0 Å². The smallest absolute Gasteiger partial charge is 0.0239 e. The molecule has 1 fully saturated rings. The van der Waals surface area contributed by atoms with E-state index in [0.29, 0.717) is 0 Å². The van der Waals surface area contributed by atoms with Gasteiger partial charge in [0, 0.05) is 13.1 Å². The van der Waals surface area contributed by atoms with Crippen LogP contribution in [0.1, 0.15) is 31.2 Å². The van der Waals surface area contributed by atoms with Crippen LogP contribution in [0.15, 0.2) is 16.8 Å². The van der Waals surface area contributed by atoms with Gasteiger partial charge in [-0.1, -0.05) is 12.8 Å². The molecule has 2 atom stereocenters. The summed E-state index contributed by atoms with van der Waals surface area (Å²) in [6, 6.07) is 2.22. The topological polar surface area (TPSA) is 29.3 Å². The summed E-state index contributed by atoms with van der Waals surface area (Å²) < 4.78 is 0. The Morgan fingerprint density at radius 3 is 2.76 bits per heavy atom. The summed E-state index contributed by atoms with van der Waals surface area (Å²) in [6.07, 6.45) is 5.49. The van der Waals surface area contributed by atoms with Crippen molar-refractivity contribution in [2.24, 2.45) is 17.6 Å². The second kappa shape index (κ2) is 6.53. The zero-order valence-corrected chi connectivity index (χ0v) is 11.6. The molecular formula is C14H24N2S. The van der Waals surface area contributed by atoms with E-state index in [4.69, 9.17) is 5.73 Å². The van der Waals surface area contributed by atoms with Crippen LogP contribution in [0.3, 0.4) is 0 Å². The van der Waals surface area contributed by atoms with E-state index in [0.717, 1.165) is 24.9 Å². The molecule has 17 heavy (non-hydrogen) atoms. The van der Waals surface area contributed by atoms with Crippen molar-refractivity contribution >= 4 is 11.3 Å². The first kappa shape index (κ1) is 13.1. The van der Waals surface area contributed by atoms with Crippen molar-refractivity contribution in [3.05, 3.63) is 22.4 Å². The molecule has 1 aromatic rings. The van der Waals surface area contributed by atoms with Gasteiger partial charge in [0.2, 0.25) is 0 Å². The summed E-state index contributed by atoms with van der Waals surface area (Å²) in [6.45, 7) is 3.16. The first-order chi connectivity index (χ1) is 8.29. The van der Waals surface area contributed by atoms with Crippen LogP contribution in [-0.4, -0.2) is 25.0 Å². The van der Waals surface area contributed by atoms with Crippen LogP contribution in [0, 0.1) is 11.8 Å². The molecule has 1 aliphatic carbocycles. The van der Waals surface area contributed by atoms with Crippen LogP contribution in [-0.2, 0) is 6.54 Å². The fraction of sp³-hybridized carbons (Fsp3) is 0.714. The molecule has 0 radical (unpaired) electrons. The summed E-state index contributed by atoms with van der Waals surface area (Å²) in [4.78, 5) is 2.46. The predicted molar refractivity (Wildman–Crippen MR) is 75.2 cm³/mol. The Kier molecular flexibility index (Phi) is 5.01. The molecule has 1 aliphatic rings. The molecule has 0 aromatic carbocycles. The maximum absolute atomic E-state index is 5.89. The molecular weight excluding hydrogens is 228 g/mol. The second-order valence-corrected chi connectivity index (χ2v) is 6.15. The van der Waals surface area contributed by atoms with Crippen molar-refractivity contribution in [2.75, 3.05) is 20.1 Å². The van der Waals surface area contributed by atoms with Crippen molar-refractivity contribution < 1.29 is 0 Å². The van der Waals surface area contributed by atoms with E-state index in [2.05, 4.69) is 28.8 Å². The molecule has 2 nitrogen and oxygen atoms in total. The van der Waals surface area contributed by atoms with Crippen molar-refractivity contribution in [1.29, 1.82) is 0 Å². The number of nitrogens with zero attached hydrogens (tertiary/aromatic N) is 1. The Balaban J connectivity index is 1.82. The molecule has 2 unspecified atom stereocenters. The van der Waals surface area contributed by atoms with Crippen LogP contribution < -0.4 is 5.73 Å². The second-order valence-electron chi connectivity index (χ2n) is 5.37. The lowest BCUT2D eigenvalue weighted by molar-refractivity contribution is 0.170. The molecule has 2 rings (SSSR count). The Morgan fingerprint density at radius 2 is 2.12 bits per heavy atom. The van der Waals surface area contributed by atoms with Crippen molar-refractivity contribution in [3.8, 4) is 0 Å². The zero-order chi connectivity index (χ0) is 12.1. The monoisotopic (exact) mass is 252 g/mol. The minimum atomic E-state index is 0.758. The standard InChI is InChI=1S/C14H24N2S/c1-16(9-12-6-7-17-11-12)10-14-5-3-2-4-13(14)8-15/h6-7,11,13-14H,2-5,8-10,15H2,1H3. The molecule has 96 valence electrons. The molecule has 0 aliphatic heterocycles. The van der Waals surface area contributed by atoms with Gasteiger partial charge in [-0.3, -0.25) is 0 Å². The number of rotatable bonds is 5. The van der Waals surface area contributed by atoms with Crippen LogP contribution in [0.25, 0.3) is 0 Å². The third kappa shape index (κ3) is 3.80. The lowest BCUT2D eigenvalue weighted by Gasteiger charge is -2.33. The van der Waals surface area contributed by atoms with Crippen LogP contribution in [0.5, 0.6) is 0 Å². The maximum atomic E-state index is 5.89. The predicted octanol–water partition coefficient (Wildman–Crippen LogP) is 2.95. The first-order valence-corrected chi connectivity index (χ1v) is 7.63. The van der Waals surface area contributed by atoms with Crippen molar-refractivity contribution in [1.82, 2.24) is 4.90 Å². The molecule has 1 saturated carbocycles. The van der Waals surface area contributed by atoms with Gasteiger partial charge in [0.05, 0.1) is 0 Å². The Hall–Kier alpha value is -0.380. The molecule has 0 amide bonds. The van der Waals surface area contributed by atoms with Gasteiger partial charge in [0.1, 0.15) is 0 Å². The summed E-state index contributed by atoms with van der Waals surface area (Å²) in [5.41, 5.74) is 7.33. The summed E-state index contributed by atoms with van der Waals surface area (Å²) in [7, 11) is 2.24. The van der Waals surface area contributed by atoms with Gasteiger partial charge in [-0.2, -0.15) is 11.3 Å². The van der Waals surface area contributed by atoms with Gasteiger partial charge in [0.15, 0.2) is 0 Å². The third-order valence-corrected chi connectivity index (χ3v) is 4.68. The average molecular weight is 252 g/mol. The lowest BCUT2D eigenvalue weighted by Crippen LogP contribution is -2.35. The largest absolute Gasteiger partial charge is 0.330 e. The first-order valence-electron chi connectivity index (χ1n) is 6.69. The van der Waals surface area contributed by atoms with Gasteiger partial charge in [-0.25, -0.2) is 0 Å². The quantitative estimate of drug-likeness (QED) is 0.873. The van der Waals surface area contributed by atoms with Crippen LogP contribution in [0.4, 0.5) is 0 Å². The van der Waals surface area contributed by atoms with E-state index in [9.17, 15) is 0 Å². The lowest BCUT2D eigenvalue weighted by atomic mass is 9.79. The number of thiophene rings is 1. The Labute approximate surface area is 109 Å². The summed E-state index contributed by atoms with van der Waals surface area (Å²) >= 11 is 1.79. The van der Waals surface area contributed by atoms with E-state index in [-0.39, 0.29) is 0 Å². The van der Waals surface area contributed by atoms with Gasteiger partial charge >= 0.3 is 0 Å². The molecule has 3 heteroatoms. The Bertz CT molecular complexity index is 310. The molecule has 1 aromatic heterocycles. The minimum Gasteiger partial charge on any atom is -0.330 e. The van der Waals surface area contributed by atoms with Gasteiger partial charge in [0.25, 0.3) is 0 Å². The summed E-state index contributed by atoms with van der Waals surface area (Å²) in [5.74, 6) is 1.58. The van der Waals surface area contributed by atoms with E-state index < -0.39 is 0 Å². The maximum Gasteiger partial charge on any atom is 0.0239 e. The normalized spacial score (nSPS) is 25.4. The molecule has 0 spiro atoms. The molecule has 0 bridgehead atoms. The fourth-order valence-corrected chi connectivity index (χ4v) is 3.65. The molecule has 1 heterocycles. The van der Waals surface area contributed by atoms with Gasteiger partial charge < -0.3 is 10.6 Å². The summed E-state index contributed by atoms with van der Waals surface area (Å²) in [5, 5.41) is 4.41. The van der Waals surface area contributed by atoms with E-state index in [1.807, 2.05) is 0 Å². The third-order valence-electron chi connectivity index (χ3n) is 3.95. The van der Waals surface area contributed by atoms with Crippen LogP contribution in [0.2, 0.25) is 0 Å². The SMILES string of the molecule is CN(Cc1ccsc1)CC1CCCCC1CN.